The molecule has 3 heteroatoms. The first-order chi connectivity index (χ1) is 8.83. The first-order valence-electron chi connectivity index (χ1n) is 6.64. The van der Waals surface area contributed by atoms with Crippen molar-refractivity contribution in [1.29, 1.82) is 0 Å². The van der Waals surface area contributed by atoms with Crippen molar-refractivity contribution in [3.8, 4) is 11.5 Å². The van der Waals surface area contributed by atoms with Gasteiger partial charge in [0.1, 0.15) is 11.5 Å². The highest BCUT2D eigenvalue weighted by molar-refractivity contribution is 5.49. The fourth-order valence-electron chi connectivity index (χ4n) is 3.25. The van der Waals surface area contributed by atoms with Crippen LogP contribution in [0.1, 0.15) is 17.9 Å². The lowest BCUT2D eigenvalue weighted by molar-refractivity contribution is 0.209. The van der Waals surface area contributed by atoms with Gasteiger partial charge in [0.25, 0.3) is 0 Å². The Morgan fingerprint density at radius 2 is 2.33 bits per heavy atom. The summed E-state index contributed by atoms with van der Waals surface area (Å²) in [6.07, 6.45) is 0.971. The normalized spacial score (nSPS) is 26.3. The van der Waals surface area contributed by atoms with Crippen LogP contribution in [0.4, 0.5) is 0 Å². The maximum atomic E-state index is 5.88. The molecule has 1 fully saturated rings. The lowest BCUT2D eigenvalue weighted by atomic mass is 9.86. The van der Waals surface area contributed by atoms with Crippen molar-refractivity contribution in [2.24, 2.45) is 5.92 Å². The molecule has 1 radical (unpaired) electrons. The molecule has 3 nitrogen and oxygen atoms in total. The molecule has 1 aromatic carbocycles. The molecule has 0 aromatic heterocycles. The minimum Gasteiger partial charge on any atom is -0.496 e. The molecule has 1 aromatic rings. The molecule has 2 aliphatic rings. The molecule has 2 heterocycles. The summed E-state index contributed by atoms with van der Waals surface area (Å²) < 4.78 is 11.4. The van der Waals surface area contributed by atoms with E-state index in [1.54, 1.807) is 7.11 Å². The van der Waals surface area contributed by atoms with Gasteiger partial charge in [-0.05, 0) is 25.1 Å². The monoisotopic (exact) mass is 246 g/mol. The van der Waals surface area contributed by atoms with E-state index in [0.717, 1.165) is 44.2 Å². The highest BCUT2D eigenvalue weighted by Crippen LogP contribution is 2.45. The van der Waals surface area contributed by atoms with Crippen LogP contribution in [0.5, 0.6) is 11.5 Å². The van der Waals surface area contributed by atoms with Gasteiger partial charge >= 0.3 is 0 Å². The average Bonchev–Trinajstić information content (AvgIpc) is 2.81. The van der Waals surface area contributed by atoms with Crippen LogP contribution in [-0.2, 0) is 0 Å². The Morgan fingerprint density at radius 3 is 3.11 bits per heavy atom. The van der Waals surface area contributed by atoms with Gasteiger partial charge in [0.2, 0.25) is 0 Å². The second-order valence-corrected chi connectivity index (χ2v) is 5.16. The van der Waals surface area contributed by atoms with Gasteiger partial charge < -0.3 is 14.4 Å². The lowest BCUT2D eigenvalue weighted by Gasteiger charge is -2.29. The molecule has 0 amide bonds. The van der Waals surface area contributed by atoms with Gasteiger partial charge in [-0.2, -0.15) is 0 Å². The largest absolute Gasteiger partial charge is 0.496 e. The predicted molar refractivity (Wildman–Crippen MR) is 71.1 cm³/mol. The fourth-order valence-corrected chi connectivity index (χ4v) is 3.25. The first-order valence-corrected chi connectivity index (χ1v) is 6.64. The van der Waals surface area contributed by atoms with E-state index in [4.69, 9.17) is 9.47 Å². The highest BCUT2D eigenvalue weighted by atomic mass is 16.5. The van der Waals surface area contributed by atoms with E-state index in [1.807, 2.05) is 12.1 Å². The van der Waals surface area contributed by atoms with Crippen LogP contribution in [0.3, 0.4) is 0 Å². The Hall–Kier alpha value is -1.22. The average molecular weight is 246 g/mol. The van der Waals surface area contributed by atoms with E-state index in [1.165, 1.54) is 5.56 Å². The molecule has 2 atom stereocenters. The first kappa shape index (κ1) is 11.8. The molecule has 0 spiro atoms. The Bertz CT molecular complexity index is 418. The molecule has 0 bridgehead atoms. The second kappa shape index (κ2) is 4.81. The maximum Gasteiger partial charge on any atom is 0.126 e. The van der Waals surface area contributed by atoms with Crippen LogP contribution in [0.2, 0.25) is 0 Å². The number of rotatable bonds is 3. The van der Waals surface area contributed by atoms with Crippen LogP contribution in [0.25, 0.3) is 0 Å². The fraction of sp³-hybridized carbons (Fsp3) is 0.533. The third-order valence-electron chi connectivity index (χ3n) is 4.06. The number of benzene rings is 1. The van der Waals surface area contributed by atoms with Gasteiger partial charge in [-0.3, -0.25) is 0 Å². The third-order valence-corrected chi connectivity index (χ3v) is 4.06. The van der Waals surface area contributed by atoms with Crippen molar-refractivity contribution in [2.45, 2.75) is 12.3 Å². The smallest absolute Gasteiger partial charge is 0.126 e. The second-order valence-electron chi connectivity index (χ2n) is 5.16. The SMILES string of the molecule is [CH2]CCN1C[C@@H]2COc3cccc(OC)c3[C@@H]2C1. The summed E-state index contributed by atoms with van der Waals surface area (Å²) in [6, 6.07) is 6.09. The summed E-state index contributed by atoms with van der Waals surface area (Å²) in [7, 11) is 1.74. The van der Waals surface area contributed by atoms with Crippen LogP contribution in [-0.4, -0.2) is 38.3 Å². The molecule has 0 aliphatic carbocycles. The minimum atomic E-state index is 0.552. The Kier molecular flexibility index (Phi) is 3.16. The zero-order valence-electron chi connectivity index (χ0n) is 10.9. The zero-order chi connectivity index (χ0) is 12.5. The number of methoxy groups -OCH3 is 1. The molecule has 3 rings (SSSR count). The summed E-state index contributed by atoms with van der Waals surface area (Å²) in [5, 5.41) is 0. The van der Waals surface area contributed by atoms with Crippen molar-refractivity contribution in [3.63, 3.8) is 0 Å². The van der Waals surface area contributed by atoms with Crippen LogP contribution in [0.15, 0.2) is 18.2 Å². The van der Waals surface area contributed by atoms with Crippen molar-refractivity contribution in [2.75, 3.05) is 33.4 Å². The molecule has 97 valence electrons. The number of fused-ring (bicyclic) bond motifs is 3. The predicted octanol–water partition coefficient (Wildman–Crippen LogP) is 2.33. The summed E-state index contributed by atoms with van der Waals surface area (Å²) >= 11 is 0. The summed E-state index contributed by atoms with van der Waals surface area (Å²) in [4.78, 5) is 2.49. The van der Waals surface area contributed by atoms with E-state index in [0.29, 0.717) is 11.8 Å². The van der Waals surface area contributed by atoms with Gasteiger partial charge in [-0.25, -0.2) is 0 Å². The van der Waals surface area contributed by atoms with Crippen molar-refractivity contribution in [3.05, 3.63) is 30.7 Å². The van der Waals surface area contributed by atoms with E-state index in [9.17, 15) is 0 Å². The van der Waals surface area contributed by atoms with Crippen LogP contribution in [0, 0.1) is 12.8 Å². The van der Waals surface area contributed by atoms with E-state index in [-0.39, 0.29) is 0 Å². The molecule has 18 heavy (non-hydrogen) atoms. The number of hydrogen-bond donors (Lipinski definition) is 0. The van der Waals surface area contributed by atoms with Crippen LogP contribution < -0.4 is 9.47 Å². The molecule has 0 unspecified atom stereocenters. The highest BCUT2D eigenvalue weighted by Gasteiger charge is 2.39. The van der Waals surface area contributed by atoms with Crippen molar-refractivity contribution >= 4 is 0 Å². The molecule has 0 N–H and O–H groups in total. The Morgan fingerprint density at radius 1 is 1.44 bits per heavy atom. The number of hydrogen-bond acceptors (Lipinski definition) is 3. The number of nitrogens with zero attached hydrogens (tertiary/aromatic N) is 1. The van der Waals surface area contributed by atoms with Gasteiger partial charge in [-0.15, -0.1) is 0 Å². The van der Waals surface area contributed by atoms with Gasteiger partial charge in [0.05, 0.1) is 13.7 Å². The summed E-state index contributed by atoms with van der Waals surface area (Å²) in [5.74, 6) is 3.13. The Balaban J connectivity index is 1.92. The molecule has 0 saturated carbocycles. The molecular weight excluding hydrogens is 226 g/mol. The van der Waals surface area contributed by atoms with E-state index < -0.39 is 0 Å². The minimum absolute atomic E-state index is 0.552. The zero-order valence-corrected chi connectivity index (χ0v) is 10.9. The summed E-state index contributed by atoms with van der Waals surface area (Å²) in [6.45, 7) is 8.09. The van der Waals surface area contributed by atoms with Gasteiger partial charge in [0, 0.05) is 30.5 Å². The van der Waals surface area contributed by atoms with E-state index >= 15 is 0 Å². The standard InChI is InChI=1S/C15H20NO2/c1-3-7-16-8-11-10-18-14-6-4-5-13(17-2)15(14)12(11)9-16/h4-6,11-12H,1,3,7-10H2,2H3/t11-,12-/m1/s1. The van der Waals surface area contributed by atoms with Gasteiger partial charge in [0.15, 0.2) is 0 Å². The molecule has 1 saturated heterocycles. The summed E-state index contributed by atoms with van der Waals surface area (Å²) in [5.41, 5.74) is 1.27. The van der Waals surface area contributed by atoms with Gasteiger partial charge in [-0.1, -0.05) is 13.0 Å². The van der Waals surface area contributed by atoms with Crippen LogP contribution >= 0.6 is 0 Å². The Labute approximate surface area is 109 Å². The number of likely N-dealkylation sites (tertiary alicyclic amines) is 1. The molecule has 2 aliphatic heterocycles. The third kappa shape index (κ3) is 1.87. The topological polar surface area (TPSA) is 21.7 Å². The maximum absolute atomic E-state index is 5.88. The number of ether oxygens (including phenoxy) is 2. The molecular formula is C15H20NO2. The lowest BCUT2D eigenvalue weighted by Crippen LogP contribution is -2.25. The quantitative estimate of drug-likeness (QED) is 0.817. The van der Waals surface area contributed by atoms with Crippen molar-refractivity contribution < 1.29 is 9.47 Å². The van der Waals surface area contributed by atoms with Crippen molar-refractivity contribution in [1.82, 2.24) is 4.90 Å². The van der Waals surface area contributed by atoms with E-state index in [2.05, 4.69) is 17.9 Å².